The van der Waals surface area contributed by atoms with Gasteiger partial charge in [0.15, 0.2) is 0 Å². The molecule has 1 fully saturated rings. The monoisotopic (exact) mass is 440 g/mol. The van der Waals surface area contributed by atoms with Crippen LogP contribution in [0.5, 0.6) is 0 Å². The number of aromatic amines is 1. The highest BCUT2D eigenvalue weighted by Gasteiger charge is 2.30. The van der Waals surface area contributed by atoms with Crippen LogP contribution < -0.4 is 5.56 Å². The zero-order chi connectivity index (χ0) is 22.2. The number of hydrogen-bond donors (Lipinski definition) is 1. The van der Waals surface area contributed by atoms with Crippen LogP contribution in [0.2, 0.25) is 0 Å². The fourth-order valence-electron chi connectivity index (χ4n) is 3.95. The lowest BCUT2D eigenvalue weighted by Crippen LogP contribution is -2.38. The van der Waals surface area contributed by atoms with E-state index in [1.54, 1.807) is 30.3 Å². The molecule has 1 saturated heterocycles. The largest absolute Gasteiger partial charge is 0.377 e. The van der Waals surface area contributed by atoms with E-state index in [2.05, 4.69) is 4.98 Å². The third kappa shape index (κ3) is 4.59. The van der Waals surface area contributed by atoms with Crippen molar-refractivity contribution in [2.75, 3.05) is 13.2 Å². The van der Waals surface area contributed by atoms with Crippen LogP contribution in [0.3, 0.4) is 0 Å². The average Bonchev–Trinajstić information content (AvgIpc) is 3.23. The Kier molecular flexibility index (Phi) is 6.01. The number of benzene rings is 2. The number of aromatic nitrogens is 1. The summed E-state index contributed by atoms with van der Waals surface area (Å²) in [5.41, 5.74) is 4.11. The smallest absolute Gasteiger partial charge is 0.252 e. The Morgan fingerprint density at radius 3 is 2.45 bits per heavy atom. The number of rotatable bonds is 6. The minimum atomic E-state index is -3.79. The van der Waals surface area contributed by atoms with E-state index in [1.807, 2.05) is 32.9 Å². The molecule has 2 heterocycles. The first-order chi connectivity index (χ1) is 14.7. The molecule has 1 aliphatic heterocycles. The van der Waals surface area contributed by atoms with Crippen LogP contribution in [0.4, 0.5) is 0 Å². The summed E-state index contributed by atoms with van der Waals surface area (Å²) >= 11 is 0. The molecule has 0 aliphatic carbocycles. The highest BCUT2D eigenvalue weighted by atomic mass is 32.2. The summed E-state index contributed by atoms with van der Waals surface area (Å²) in [6, 6.07) is 12.6. The number of aryl methyl sites for hydroxylation is 3. The maximum Gasteiger partial charge on any atom is 0.252 e. The fraction of sp³-hybridized carbons (Fsp3) is 0.375. The minimum absolute atomic E-state index is 0.00569. The molecule has 0 saturated carbocycles. The van der Waals surface area contributed by atoms with Crippen LogP contribution in [-0.4, -0.2) is 37.0 Å². The minimum Gasteiger partial charge on any atom is -0.377 e. The lowest BCUT2D eigenvalue weighted by Gasteiger charge is -2.25. The van der Waals surface area contributed by atoms with Gasteiger partial charge in [-0.05, 0) is 80.5 Å². The van der Waals surface area contributed by atoms with Gasteiger partial charge < -0.3 is 9.72 Å². The lowest BCUT2D eigenvalue weighted by atomic mass is 10.0. The fourth-order valence-corrected chi connectivity index (χ4v) is 5.40. The number of pyridine rings is 1. The highest BCUT2D eigenvalue weighted by Crippen LogP contribution is 2.23. The van der Waals surface area contributed by atoms with Crippen molar-refractivity contribution in [1.82, 2.24) is 9.29 Å². The molecule has 6 nitrogen and oxygen atoms in total. The zero-order valence-corrected chi connectivity index (χ0v) is 19.0. The maximum absolute atomic E-state index is 13.5. The van der Waals surface area contributed by atoms with Crippen LogP contribution in [-0.2, 0) is 21.3 Å². The number of fused-ring (bicyclic) bond motifs is 1. The summed E-state index contributed by atoms with van der Waals surface area (Å²) in [7, 11) is -3.79. The lowest BCUT2D eigenvalue weighted by molar-refractivity contribution is 0.0925. The van der Waals surface area contributed by atoms with E-state index in [9.17, 15) is 13.2 Å². The van der Waals surface area contributed by atoms with Gasteiger partial charge in [0.2, 0.25) is 10.0 Å². The van der Waals surface area contributed by atoms with Crippen LogP contribution in [0, 0.1) is 20.8 Å². The Morgan fingerprint density at radius 1 is 1.06 bits per heavy atom. The van der Waals surface area contributed by atoms with E-state index in [-0.39, 0.29) is 29.6 Å². The maximum atomic E-state index is 13.5. The Morgan fingerprint density at radius 2 is 1.77 bits per heavy atom. The van der Waals surface area contributed by atoms with Crippen molar-refractivity contribution in [2.24, 2.45) is 0 Å². The number of H-pyrrole nitrogens is 1. The number of nitrogens with zero attached hydrogens (tertiary/aromatic N) is 1. The summed E-state index contributed by atoms with van der Waals surface area (Å²) < 4.78 is 34.0. The second-order valence-corrected chi connectivity index (χ2v) is 10.3. The predicted octanol–water partition coefficient (Wildman–Crippen LogP) is 3.82. The average molecular weight is 441 g/mol. The van der Waals surface area contributed by atoms with Crippen molar-refractivity contribution in [3.8, 4) is 0 Å². The van der Waals surface area contributed by atoms with E-state index in [0.717, 1.165) is 40.4 Å². The van der Waals surface area contributed by atoms with Gasteiger partial charge in [-0.25, -0.2) is 8.42 Å². The van der Waals surface area contributed by atoms with Crippen LogP contribution >= 0.6 is 0 Å². The normalized spacial score (nSPS) is 17.0. The van der Waals surface area contributed by atoms with Crippen molar-refractivity contribution in [2.45, 2.75) is 51.2 Å². The van der Waals surface area contributed by atoms with Gasteiger partial charge in [0.25, 0.3) is 5.56 Å². The molecule has 0 radical (unpaired) electrons. The van der Waals surface area contributed by atoms with E-state index >= 15 is 0 Å². The number of nitrogens with one attached hydrogen (secondary N) is 1. The van der Waals surface area contributed by atoms with E-state index in [0.29, 0.717) is 12.2 Å². The summed E-state index contributed by atoms with van der Waals surface area (Å²) in [6.45, 7) is 6.79. The Balaban J connectivity index is 1.73. The van der Waals surface area contributed by atoms with Crippen molar-refractivity contribution in [3.05, 3.63) is 75.1 Å². The van der Waals surface area contributed by atoms with Crippen molar-refractivity contribution >= 4 is 20.9 Å². The van der Waals surface area contributed by atoms with Gasteiger partial charge >= 0.3 is 0 Å². The molecule has 0 amide bonds. The van der Waals surface area contributed by atoms with Crippen LogP contribution in [0.25, 0.3) is 10.9 Å². The summed E-state index contributed by atoms with van der Waals surface area (Å²) in [5, 5.41) is 0.891. The van der Waals surface area contributed by atoms with E-state index < -0.39 is 10.0 Å². The molecule has 1 aromatic heterocycles. The molecule has 164 valence electrons. The molecule has 7 heteroatoms. The molecule has 1 atom stereocenters. The molecule has 3 aromatic rings. The molecular formula is C24H28N2O4S. The molecule has 0 unspecified atom stereocenters. The van der Waals surface area contributed by atoms with Crippen molar-refractivity contribution in [1.29, 1.82) is 0 Å². The van der Waals surface area contributed by atoms with E-state index in [4.69, 9.17) is 4.74 Å². The standard InChI is InChI=1S/C24H28N2O4S/c1-16-6-8-22(9-7-16)31(28,29)26(15-21-5-4-10-30-21)14-20-13-19-11-17(2)18(3)12-23(19)25-24(20)27/h6-9,11-13,21H,4-5,10,14-15H2,1-3H3,(H,25,27)/t21-/m0/s1. The zero-order valence-electron chi connectivity index (χ0n) is 18.1. The topological polar surface area (TPSA) is 79.5 Å². The predicted molar refractivity (Wildman–Crippen MR) is 122 cm³/mol. The number of hydrogen-bond acceptors (Lipinski definition) is 4. The van der Waals surface area contributed by atoms with Crippen LogP contribution in [0.1, 0.15) is 35.1 Å². The summed E-state index contributed by atoms with van der Waals surface area (Å²) in [5.74, 6) is 0. The van der Waals surface area contributed by atoms with Gasteiger partial charge in [0.1, 0.15) is 0 Å². The number of sulfonamides is 1. The Hall–Kier alpha value is -2.48. The first-order valence-electron chi connectivity index (χ1n) is 10.6. The summed E-state index contributed by atoms with van der Waals surface area (Å²) in [6.07, 6.45) is 1.56. The molecule has 1 aliphatic rings. The van der Waals surface area contributed by atoms with Gasteiger partial charge in [-0.1, -0.05) is 17.7 Å². The third-order valence-electron chi connectivity index (χ3n) is 5.97. The SMILES string of the molecule is Cc1ccc(S(=O)(=O)N(Cc2cc3cc(C)c(C)cc3[nH]c2=O)C[C@@H]2CCCO2)cc1. The molecular weight excluding hydrogens is 412 g/mol. The molecule has 4 rings (SSSR count). The van der Waals surface area contributed by atoms with Gasteiger partial charge in [-0.2, -0.15) is 4.31 Å². The highest BCUT2D eigenvalue weighted by molar-refractivity contribution is 7.89. The molecule has 2 aromatic carbocycles. The molecule has 0 spiro atoms. The Labute approximate surface area is 182 Å². The molecule has 1 N–H and O–H groups in total. The second-order valence-electron chi connectivity index (χ2n) is 8.39. The van der Waals surface area contributed by atoms with Gasteiger partial charge in [0, 0.05) is 30.8 Å². The molecule has 0 bridgehead atoms. The van der Waals surface area contributed by atoms with E-state index in [1.165, 1.54) is 4.31 Å². The molecule has 31 heavy (non-hydrogen) atoms. The van der Waals surface area contributed by atoms with Crippen molar-refractivity contribution < 1.29 is 13.2 Å². The summed E-state index contributed by atoms with van der Waals surface area (Å²) in [4.78, 5) is 15.9. The van der Waals surface area contributed by atoms with Gasteiger partial charge in [-0.15, -0.1) is 0 Å². The first kappa shape index (κ1) is 21.7. The first-order valence-corrected chi connectivity index (χ1v) is 12.0. The second kappa shape index (κ2) is 8.57. The third-order valence-corrected chi connectivity index (χ3v) is 7.80. The van der Waals surface area contributed by atoms with Gasteiger partial charge in [-0.3, -0.25) is 4.79 Å². The van der Waals surface area contributed by atoms with Crippen molar-refractivity contribution in [3.63, 3.8) is 0 Å². The van der Waals surface area contributed by atoms with Gasteiger partial charge in [0.05, 0.1) is 11.0 Å². The number of ether oxygens (including phenoxy) is 1. The van der Waals surface area contributed by atoms with Crippen LogP contribution in [0.15, 0.2) is 52.2 Å². The Bertz CT molecular complexity index is 1260. The quantitative estimate of drug-likeness (QED) is 0.632.